The number of carboxylic acids is 1. The molecule has 12 rings (SSSR count). The van der Waals surface area contributed by atoms with Crippen LogP contribution in [0.5, 0.6) is 0 Å². The van der Waals surface area contributed by atoms with E-state index in [1.807, 2.05) is 150 Å². The second-order valence-electron chi connectivity index (χ2n) is 23.4. The summed E-state index contributed by atoms with van der Waals surface area (Å²) >= 11 is 0. The lowest BCUT2D eigenvalue weighted by molar-refractivity contribution is -0.131. The van der Waals surface area contributed by atoms with Crippen molar-refractivity contribution in [2.24, 2.45) is 5.73 Å². The number of aromatic nitrogens is 6. The van der Waals surface area contributed by atoms with Crippen LogP contribution in [-0.4, -0.2) is 156 Å². The molecule has 2 aliphatic heterocycles. The first-order chi connectivity index (χ1) is 42.9. The summed E-state index contributed by atoms with van der Waals surface area (Å²) in [7, 11) is 7.66. The number of nitrogens with zero attached hydrogens (tertiary/aromatic N) is 10. The van der Waals surface area contributed by atoms with E-state index in [9.17, 15) is 28.0 Å². The second kappa shape index (κ2) is 28.1. The van der Waals surface area contributed by atoms with Gasteiger partial charge in [-0.2, -0.15) is 0 Å². The van der Waals surface area contributed by atoms with Gasteiger partial charge in [0, 0.05) is 133 Å². The van der Waals surface area contributed by atoms with Gasteiger partial charge in [-0.3, -0.25) is 14.4 Å². The van der Waals surface area contributed by atoms with Crippen LogP contribution in [0.3, 0.4) is 0 Å². The molecule has 6 aromatic heterocycles. The molecule has 0 aliphatic carbocycles. The van der Waals surface area contributed by atoms with E-state index in [1.54, 1.807) is 24.3 Å². The first-order valence-corrected chi connectivity index (χ1v) is 30.0. The van der Waals surface area contributed by atoms with Crippen LogP contribution in [0.25, 0.3) is 55.9 Å². The molecule has 2 saturated heterocycles. The average molecular weight is 1200 g/mol. The molecule has 460 valence electrons. The van der Waals surface area contributed by atoms with Gasteiger partial charge in [0.25, 0.3) is 11.8 Å². The number of likely N-dealkylation sites (tertiary alicyclic amines) is 2. The molecule has 2 aliphatic rings. The highest BCUT2D eigenvalue weighted by atomic mass is 19.1. The van der Waals surface area contributed by atoms with Crippen molar-refractivity contribution in [2.45, 2.75) is 64.7 Å². The molecule has 0 unspecified atom stereocenters. The van der Waals surface area contributed by atoms with Crippen molar-refractivity contribution in [3.63, 3.8) is 0 Å². The minimum Gasteiger partial charge on any atom is -0.478 e. The first-order valence-electron chi connectivity index (χ1n) is 30.0. The van der Waals surface area contributed by atoms with E-state index in [4.69, 9.17) is 20.8 Å². The van der Waals surface area contributed by atoms with Crippen LogP contribution < -0.4 is 11.1 Å². The number of carboxylic acid groups (broad SMARTS) is 1. The maximum Gasteiger partial charge on any atom is 0.328 e. The Labute approximate surface area is 516 Å². The van der Waals surface area contributed by atoms with E-state index >= 15 is 0 Å². The summed E-state index contributed by atoms with van der Waals surface area (Å²) in [6.45, 7) is 9.04. The first kappa shape index (κ1) is 62.5. The summed E-state index contributed by atoms with van der Waals surface area (Å²) in [4.78, 5) is 66.6. The molecule has 4 N–H and O–H groups in total. The van der Waals surface area contributed by atoms with Crippen molar-refractivity contribution in [3.8, 4) is 22.8 Å². The van der Waals surface area contributed by atoms with Gasteiger partial charge in [-0.25, -0.2) is 23.5 Å². The smallest absolute Gasteiger partial charge is 0.328 e. The molecule has 3 amide bonds. The van der Waals surface area contributed by atoms with Crippen LogP contribution in [0.4, 0.5) is 8.78 Å². The third kappa shape index (κ3) is 15.1. The molecule has 0 spiro atoms. The average Bonchev–Trinajstić information content (AvgIpc) is 1.64. The SMILES string of the molecule is CN(C)C/C=C/C(=O)O.Cc1c(-c2cc3ccccc3n2Cc2ccc(F)cc2)nc2cc(C(=O)N3CCC[C@@H](N)C3)ccn12.Cc1c(-c2cc3ccccc3n2Cc2ccc(F)cc2)nc2cc(C(=O)N3CCC[C@@H](NC(=O)/C=C/CN(C)C)C3)ccn12. The van der Waals surface area contributed by atoms with Gasteiger partial charge in [-0.05, 0) is 152 Å². The zero-order valence-electron chi connectivity index (χ0n) is 51.2. The zero-order valence-corrected chi connectivity index (χ0v) is 51.2. The number of aryl methyl sites for hydroxylation is 2. The highest BCUT2D eigenvalue weighted by Gasteiger charge is 2.28. The topological polar surface area (TPSA) is 184 Å². The highest BCUT2D eigenvalue weighted by molar-refractivity contribution is 5.97. The molecule has 0 bridgehead atoms. The predicted octanol–water partition coefficient (Wildman–Crippen LogP) is 10.5. The molecule has 89 heavy (non-hydrogen) atoms. The van der Waals surface area contributed by atoms with Crippen LogP contribution in [0, 0.1) is 25.5 Å². The van der Waals surface area contributed by atoms with E-state index in [-0.39, 0.29) is 41.4 Å². The van der Waals surface area contributed by atoms with E-state index in [1.165, 1.54) is 24.3 Å². The molecule has 4 aromatic carbocycles. The second-order valence-corrected chi connectivity index (χ2v) is 23.4. The molecular formula is C70H76F2N12O5. The Balaban J connectivity index is 0.000000175. The standard InChI is InChI=1S/C35H37FN6O2.C29H28FN5O.C6H11NO2/c1-24-34(31-20-26-8-4-5-10-30(26)42(31)22-25-12-14-28(36)15-13-25)38-32-21-27(16-19-41(24)32)35(44)40-18-6-9-29(23-40)37-33(43)11-7-17-39(2)3;1-19-28(32-27-16-22(12-14-34(19)27)29(36)33-13-4-6-24(31)18-33)26-15-21-5-2-3-7-25(21)35(26)17-20-8-10-23(30)11-9-20;1-7(2)5-3-4-6(8)9/h4-5,7-8,10-16,19-21,29H,6,9,17-18,22-23H2,1-3H3,(H,37,43);2-3,5,7-12,14-16,24H,4,6,13,17-18,31H2,1H3;3-4H,5H2,1-2H3,(H,8,9)/b11-7+;;4-3+/t29-;24-;/m11./s1. The highest BCUT2D eigenvalue weighted by Crippen LogP contribution is 2.34. The number of carbonyl (C=O) groups is 4. The van der Waals surface area contributed by atoms with E-state index in [0.29, 0.717) is 62.6 Å². The summed E-state index contributed by atoms with van der Waals surface area (Å²) in [6, 6.07) is 41.3. The quantitative estimate of drug-likeness (QED) is 0.0835. The van der Waals surface area contributed by atoms with Gasteiger partial charge in [0.2, 0.25) is 5.91 Å². The zero-order chi connectivity index (χ0) is 62.9. The minimum atomic E-state index is -0.892. The maximum atomic E-state index is 13.6. The van der Waals surface area contributed by atoms with E-state index in [2.05, 4.69) is 50.8 Å². The summed E-state index contributed by atoms with van der Waals surface area (Å²) in [5.41, 5.74) is 18.4. The van der Waals surface area contributed by atoms with Gasteiger partial charge >= 0.3 is 5.97 Å². The molecule has 8 heterocycles. The Morgan fingerprint density at radius 2 is 1.06 bits per heavy atom. The number of aliphatic carboxylic acids is 1. The number of nitrogens with two attached hydrogens (primary N) is 1. The number of carbonyl (C=O) groups excluding carboxylic acids is 3. The number of nitrogens with one attached hydrogen (secondary N) is 1. The normalized spacial score (nSPS) is 15.4. The van der Waals surface area contributed by atoms with Gasteiger partial charge < -0.3 is 53.7 Å². The fourth-order valence-corrected chi connectivity index (χ4v) is 11.6. The summed E-state index contributed by atoms with van der Waals surface area (Å²) in [6.07, 6.45) is 13.5. The number of rotatable bonds is 15. The Morgan fingerprint density at radius 1 is 0.607 bits per heavy atom. The lowest BCUT2D eigenvalue weighted by atomic mass is 10.0. The summed E-state index contributed by atoms with van der Waals surface area (Å²) in [5.74, 6) is -1.60. The number of likely N-dealkylation sites (N-methyl/N-ethyl adjacent to an activating group) is 2. The third-order valence-electron chi connectivity index (χ3n) is 16.1. The molecule has 2 atom stereocenters. The van der Waals surface area contributed by atoms with Gasteiger partial charge in [0.05, 0.1) is 11.4 Å². The van der Waals surface area contributed by atoms with Gasteiger partial charge in [-0.15, -0.1) is 0 Å². The Morgan fingerprint density at radius 3 is 1.52 bits per heavy atom. The van der Waals surface area contributed by atoms with Crippen molar-refractivity contribution in [3.05, 3.63) is 215 Å². The summed E-state index contributed by atoms with van der Waals surface area (Å²) in [5, 5.41) is 13.4. The van der Waals surface area contributed by atoms with Crippen LogP contribution in [-0.2, 0) is 22.7 Å². The van der Waals surface area contributed by atoms with Crippen molar-refractivity contribution in [2.75, 3.05) is 67.5 Å². The molecule has 0 radical (unpaired) electrons. The Hall–Kier alpha value is -9.56. The molecule has 19 heteroatoms. The number of imidazole rings is 2. The number of pyridine rings is 2. The van der Waals surface area contributed by atoms with Crippen LogP contribution in [0.15, 0.2) is 170 Å². The largest absolute Gasteiger partial charge is 0.478 e. The van der Waals surface area contributed by atoms with Crippen molar-refractivity contribution in [1.82, 2.24) is 52.8 Å². The van der Waals surface area contributed by atoms with Crippen molar-refractivity contribution < 1.29 is 33.1 Å². The molecule has 2 fully saturated rings. The van der Waals surface area contributed by atoms with Crippen LogP contribution in [0.2, 0.25) is 0 Å². The molecular weight excluding hydrogens is 1130 g/mol. The van der Waals surface area contributed by atoms with Crippen LogP contribution in [0.1, 0.15) is 68.9 Å². The Kier molecular flexibility index (Phi) is 19.7. The number of para-hydroxylation sites is 2. The number of fused-ring (bicyclic) bond motifs is 4. The lowest BCUT2D eigenvalue weighted by Gasteiger charge is -2.33. The summed E-state index contributed by atoms with van der Waals surface area (Å²) < 4.78 is 35.6. The van der Waals surface area contributed by atoms with Gasteiger partial charge in [-0.1, -0.05) is 72.8 Å². The number of hydrogen-bond acceptors (Lipinski definition) is 9. The molecule has 17 nitrogen and oxygen atoms in total. The van der Waals surface area contributed by atoms with Crippen LogP contribution >= 0.6 is 0 Å². The minimum absolute atomic E-state index is 0.000256. The number of hydrogen-bond donors (Lipinski definition) is 3. The molecule has 10 aromatic rings. The fraction of sp³-hybridized carbons (Fsp3) is 0.286. The van der Waals surface area contributed by atoms with E-state index < -0.39 is 5.97 Å². The lowest BCUT2D eigenvalue weighted by Crippen LogP contribution is -2.49. The third-order valence-corrected chi connectivity index (χ3v) is 16.1. The van der Waals surface area contributed by atoms with E-state index in [0.717, 1.165) is 111 Å². The predicted molar refractivity (Wildman–Crippen MR) is 346 cm³/mol. The van der Waals surface area contributed by atoms with Gasteiger partial charge in [0.1, 0.15) is 34.3 Å². The van der Waals surface area contributed by atoms with Crippen molar-refractivity contribution in [1.29, 1.82) is 0 Å². The fourth-order valence-electron chi connectivity index (χ4n) is 11.6. The van der Waals surface area contributed by atoms with Gasteiger partial charge in [0.15, 0.2) is 0 Å². The number of amides is 3. The number of halogens is 2. The molecule has 0 saturated carbocycles. The van der Waals surface area contributed by atoms with Crippen molar-refractivity contribution >= 4 is 56.8 Å². The number of piperidine rings is 2. The number of benzene rings is 4. The maximum absolute atomic E-state index is 13.6. The Bertz CT molecular complexity index is 4230. The monoisotopic (exact) mass is 1200 g/mol.